The summed E-state index contributed by atoms with van der Waals surface area (Å²) in [6.07, 6.45) is 6.30. The topological polar surface area (TPSA) is 33.0 Å². The van der Waals surface area contributed by atoms with Crippen molar-refractivity contribution in [2.24, 2.45) is 0 Å². The van der Waals surface area contributed by atoms with E-state index in [9.17, 15) is 8.78 Å². The van der Waals surface area contributed by atoms with Gasteiger partial charge in [-0.1, -0.05) is 12.1 Å². The molecule has 1 aromatic carbocycles. The van der Waals surface area contributed by atoms with Crippen LogP contribution >= 0.6 is 0 Å². The Hall–Kier alpha value is -1.73. The normalized spacial score (nSPS) is 25.7. The van der Waals surface area contributed by atoms with Gasteiger partial charge < -0.3 is 4.74 Å². The van der Waals surface area contributed by atoms with Crippen molar-refractivity contribution in [3.8, 4) is 6.07 Å². The summed E-state index contributed by atoms with van der Waals surface area (Å²) in [4.78, 5) is 0. The summed E-state index contributed by atoms with van der Waals surface area (Å²) >= 11 is 0. The van der Waals surface area contributed by atoms with Gasteiger partial charge in [-0.2, -0.15) is 9.65 Å². The van der Waals surface area contributed by atoms with Gasteiger partial charge in [0.05, 0.1) is 5.60 Å². The molecule has 0 heterocycles. The van der Waals surface area contributed by atoms with Gasteiger partial charge in [0.25, 0.3) is 0 Å². The van der Waals surface area contributed by atoms with E-state index in [1.54, 1.807) is 7.11 Å². The molecule has 1 saturated carbocycles. The van der Waals surface area contributed by atoms with E-state index >= 15 is 0 Å². The van der Waals surface area contributed by atoms with Crippen LogP contribution in [0.5, 0.6) is 0 Å². The van der Waals surface area contributed by atoms with Gasteiger partial charge in [0.2, 0.25) is 0 Å². The van der Waals surface area contributed by atoms with Crippen molar-refractivity contribution in [3.63, 3.8) is 0 Å². The Labute approximate surface area is 130 Å². The monoisotopic (exact) mass is 305 g/mol. The lowest BCUT2D eigenvalue weighted by Crippen LogP contribution is -2.35. The van der Waals surface area contributed by atoms with Gasteiger partial charge in [0, 0.05) is 7.11 Å². The molecule has 0 N–H and O–H groups in total. The number of hydrogen-bond donors (Lipinski definition) is 0. The van der Waals surface area contributed by atoms with E-state index in [1.165, 1.54) is 29.8 Å². The number of rotatable bonds is 5. The van der Waals surface area contributed by atoms with Crippen LogP contribution in [-0.4, -0.2) is 12.7 Å². The van der Waals surface area contributed by atoms with Crippen molar-refractivity contribution in [2.75, 3.05) is 7.11 Å². The van der Waals surface area contributed by atoms with Crippen LogP contribution in [-0.2, 0) is 4.74 Å². The molecule has 22 heavy (non-hydrogen) atoms. The fraction of sp³-hybridized carbons (Fsp3) is 0.500. The Morgan fingerprint density at radius 2 is 2.00 bits per heavy atom. The van der Waals surface area contributed by atoms with Crippen molar-refractivity contribution in [3.05, 3.63) is 47.5 Å². The molecule has 1 fully saturated rings. The van der Waals surface area contributed by atoms with E-state index in [0.29, 0.717) is 12.3 Å². The zero-order valence-electron chi connectivity index (χ0n) is 12.8. The van der Waals surface area contributed by atoms with E-state index in [0.717, 1.165) is 32.1 Å². The van der Waals surface area contributed by atoms with Gasteiger partial charge in [-0.15, -0.1) is 0 Å². The Morgan fingerprint density at radius 3 is 2.55 bits per heavy atom. The highest BCUT2D eigenvalue weighted by molar-refractivity contribution is 5.21. The largest absolute Gasteiger partial charge is 0.378 e. The maximum atomic E-state index is 13.0. The van der Waals surface area contributed by atoms with E-state index in [-0.39, 0.29) is 11.4 Å². The average Bonchev–Trinajstić information content (AvgIpc) is 2.56. The van der Waals surface area contributed by atoms with Crippen LogP contribution in [0, 0.1) is 17.1 Å². The van der Waals surface area contributed by atoms with Crippen LogP contribution in [0.1, 0.15) is 50.0 Å². The van der Waals surface area contributed by atoms with Crippen LogP contribution in [0.25, 0.3) is 0 Å². The SMILES string of the molecule is CO[C@]1(CCC=C(F)C#N)CC[C@H](c2ccc(F)cc2)CC1. The second-order valence-electron chi connectivity index (χ2n) is 5.92. The fourth-order valence-corrected chi connectivity index (χ4v) is 3.28. The number of ether oxygens (including phenoxy) is 1. The molecule has 0 saturated heterocycles. The Balaban J connectivity index is 1.93. The van der Waals surface area contributed by atoms with E-state index < -0.39 is 5.83 Å². The van der Waals surface area contributed by atoms with Gasteiger partial charge in [0.1, 0.15) is 11.9 Å². The average molecular weight is 305 g/mol. The van der Waals surface area contributed by atoms with Crippen LogP contribution in [0.2, 0.25) is 0 Å². The summed E-state index contributed by atoms with van der Waals surface area (Å²) in [6.45, 7) is 0. The first-order valence-corrected chi connectivity index (χ1v) is 7.65. The highest BCUT2D eigenvalue weighted by Crippen LogP contribution is 2.42. The molecular weight excluding hydrogens is 284 g/mol. The Kier molecular flexibility index (Phi) is 5.68. The lowest BCUT2D eigenvalue weighted by Gasteiger charge is -2.39. The lowest BCUT2D eigenvalue weighted by atomic mass is 9.74. The third-order valence-corrected chi connectivity index (χ3v) is 4.70. The highest BCUT2D eigenvalue weighted by Gasteiger charge is 2.35. The predicted molar refractivity (Wildman–Crippen MR) is 81.4 cm³/mol. The predicted octanol–water partition coefficient (Wildman–Crippen LogP) is 5.03. The molecule has 1 aliphatic rings. The number of nitrogens with zero attached hydrogens (tertiary/aromatic N) is 1. The standard InChI is InChI=1S/C18H21F2NO/c1-22-18(10-2-3-17(20)13-21)11-8-15(9-12-18)14-4-6-16(19)7-5-14/h3-7,15H,2,8-12H2,1H3/t15-,18+. The number of halogens is 2. The van der Waals surface area contributed by atoms with Gasteiger partial charge >= 0.3 is 0 Å². The minimum atomic E-state index is -0.730. The van der Waals surface area contributed by atoms with Crippen LogP contribution < -0.4 is 0 Å². The molecule has 0 aliphatic heterocycles. The fourth-order valence-electron chi connectivity index (χ4n) is 3.28. The van der Waals surface area contributed by atoms with Crippen molar-refractivity contribution in [2.45, 2.75) is 50.0 Å². The Bertz CT molecular complexity index is 551. The zero-order chi connectivity index (χ0) is 16.0. The van der Waals surface area contributed by atoms with Crippen LogP contribution in [0.4, 0.5) is 8.78 Å². The third-order valence-electron chi connectivity index (χ3n) is 4.70. The highest BCUT2D eigenvalue weighted by atomic mass is 19.1. The summed E-state index contributed by atoms with van der Waals surface area (Å²) in [6, 6.07) is 8.20. The summed E-state index contributed by atoms with van der Waals surface area (Å²) < 4.78 is 31.5. The lowest BCUT2D eigenvalue weighted by molar-refractivity contribution is -0.0483. The van der Waals surface area contributed by atoms with Crippen molar-refractivity contribution in [1.82, 2.24) is 0 Å². The summed E-state index contributed by atoms with van der Waals surface area (Å²) in [7, 11) is 1.70. The molecule has 0 amide bonds. The molecular formula is C18H21F2NO. The minimum Gasteiger partial charge on any atom is -0.378 e. The van der Waals surface area contributed by atoms with Crippen molar-refractivity contribution < 1.29 is 13.5 Å². The number of hydrogen-bond acceptors (Lipinski definition) is 2. The molecule has 1 aromatic rings. The number of nitriles is 1. The maximum Gasteiger partial charge on any atom is 0.196 e. The number of methoxy groups -OCH3 is 1. The molecule has 4 heteroatoms. The molecule has 0 atom stereocenters. The number of allylic oxidation sites excluding steroid dienone is 2. The molecule has 0 spiro atoms. The summed E-state index contributed by atoms with van der Waals surface area (Å²) in [5.41, 5.74) is 0.935. The smallest absolute Gasteiger partial charge is 0.196 e. The first-order chi connectivity index (χ1) is 10.6. The van der Waals surface area contributed by atoms with E-state index in [1.807, 2.05) is 12.1 Å². The molecule has 2 nitrogen and oxygen atoms in total. The van der Waals surface area contributed by atoms with Gasteiger partial charge in [-0.05, 0) is 68.2 Å². The molecule has 0 aromatic heterocycles. The third kappa shape index (κ3) is 4.14. The van der Waals surface area contributed by atoms with Crippen LogP contribution in [0.3, 0.4) is 0 Å². The maximum absolute atomic E-state index is 13.0. The molecule has 0 unspecified atom stereocenters. The van der Waals surface area contributed by atoms with E-state index in [4.69, 9.17) is 10.00 Å². The van der Waals surface area contributed by atoms with Crippen molar-refractivity contribution in [1.29, 1.82) is 5.26 Å². The number of benzene rings is 1. The Morgan fingerprint density at radius 1 is 1.36 bits per heavy atom. The summed E-state index contributed by atoms with van der Waals surface area (Å²) in [5.74, 6) is -0.515. The molecule has 1 aliphatic carbocycles. The first-order valence-electron chi connectivity index (χ1n) is 7.65. The second kappa shape index (κ2) is 7.51. The van der Waals surface area contributed by atoms with Gasteiger partial charge in [0.15, 0.2) is 5.83 Å². The molecule has 118 valence electrons. The van der Waals surface area contributed by atoms with Crippen molar-refractivity contribution >= 4 is 0 Å². The van der Waals surface area contributed by atoms with Gasteiger partial charge in [-0.3, -0.25) is 0 Å². The molecule has 0 bridgehead atoms. The first kappa shape index (κ1) is 16.6. The van der Waals surface area contributed by atoms with Crippen LogP contribution in [0.15, 0.2) is 36.2 Å². The van der Waals surface area contributed by atoms with E-state index in [2.05, 4.69) is 0 Å². The summed E-state index contributed by atoms with van der Waals surface area (Å²) in [5, 5.41) is 8.42. The quantitative estimate of drug-likeness (QED) is 0.715. The minimum absolute atomic E-state index is 0.211. The second-order valence-corrected chi connectivity index (χ2v) is 5.92. The van der Waals surface area contributed by atoms with Gasteiger partial charge in [-0.25, -0.2) is 4.39 Å². The molecule has 0 radical (unpaired) electrons. The molecule has 2 rings (SSSR count). The zero-order valence-corrected chi connectivity index (χ0v) is 12.8.